The molecule has 0 radical (unpaired) electrons. The summed E-state index contributed by atoms with van der Waals surface area (Å²) in [5, 5.41) is 9.08. The number of ketones is 1. The van der Waals surface area contributed by atoms with Gasteiger partial charge in [-0.05, 0) is 17.7 Å². The highest BCUT2D eigenvalue weighted by Gasteiger charge is 2.15. The Labute approximate surface area is 108 Å². The van der Waals surface area contributed by atoms with Crippen LogP contribution in [0, 0.1) is 5.92 Å². The highest BCUT2D eigenvalue weighted by atomic mass is 16.5. The van der Waals surface area contributed by atoms with E-state index in [-0.39, 0.29) is 19.0 Å². The molecule has 4 heteroatoms. The van der Waals surface area contributed by atoms with Crippen LogP contribution in [0.3, 0.4) is 0 Å². The predicted molar refractivity (Wildman–Crippen MR) is 68.5 cm³/mol. The Morgan fingerprint density at radius 2 is 2.00 bits per heavy atom. The average molecular weight is 252 g/mol. The van der Waals surface area contributed by atoms with Crippen LogP contribution in [-0.2, 0) is 16.1 Å². The number of Topliss-reactive ketones (excluding diaryl/α,β-unsaturated/α-hetero) is 1. The van der Waals surface area contributed by atoms with Crippen LogP contribution in [-0.4, -0.2) is 31.2 Å². The SMILES string of the molecule is CCC(=O)C(CO)COCc1ccc(OC)cc1. The molecule has 1 rings (SSSR count). The zero-order valence-corrected chi connectivity index (χ0v) is 10.9. The van der Waals surface area contributed by atoms with Gasteiger partial charge in [-0.2, -0.15) is 0 Å². The fourth-order valence-corrected chi connectivity index (χ4v) is 1.58. The molecule has 0 aromatic heterocycles. The minimum Gasteiger partial charge on any atom is -0.497 e. The number of carbonyl (C=O) groups excluding carboxylic acids is 1. The topological polar surface area (TPSA) is 55.8 Å². The molecular weight excluding hydrogens is 232 g/mol. The lowest BCUT2D eigenvalue weighted by Crippen LogP contribution is -2.23. The van der Waals surface area contributed by atoms with Gasteiger partial charge in [-0.15, -0.1) is 0 Å². The van der Waals surface area contributed by atoms with E-state index in [1.54, 1.807) is 14.0 Å². The van der Waals surface area contributed by atoms with E-state index in [1.165, 1.54) is 0 Å². The summed E-state index contributed by atoms with van der Waals surface area (Å²) in [7, 11) is 1.62. The Bertz CT molecular complexity index is 359. The molecule has 0 aliphatic heterocycles. The van der Waals surface area contributed by atoms with E-state index >= 15 is 0 Å². The van der Waals surface area contributed by atoms with Crippen LogP contribution in [0.25, 0.3) is 0 Å². The highest BCUT2D eigenvalue weighted by Crippen LogP contribution is 2.12. The van der Waals surface area contributed by atoms with Crippen LogP contribution in [0.2, 0.25) is 0 Å². The number of carbonyl (C=O) groups is 1. The van der Waals surface area contributed by atoms with E-state index in [0.29, 0.717) is 13.0 Å². The van der Waals surface area contributed by atoms with Crippen LogP contribution >= 0.6 is 0 Å². The number of methoxy groups -OCH3 is 1. The number of rotatable bonds is 8. The van der Waals surface area contributed by atoms with E-state index in [2.05, 4.69) is 0 Å². The largest absolute Gasteiger partial charge is 0.497 e. The Morgan fingerprint density at radius 3 is 2.50 bits per heavy atom. The summed E-state index contributed by atoms with van der Waals surface area (Å²) in [5.41, 5.74) is 1.01. The molecule has 4 nitrogen and oxygen atoms in total. The molecule has 0 fully saturated rings. The predicted octanol–water partition coefficient (Wildman–Crippen LogP) is 1.80. The number of hydrogen-bond acceptors (Lipinski definition) is 4. The first-order valence-electron chi connectivity index (χ1n) is 6.05. The maximum Gasteiger partial charge on any atom is 0.140 e. The third-order valence-corrected chi connectivity index (χ3v) is 2.77. The minimum absolute atomic E-state index is 0.0345. The van der Waals surface area contributed by atoms with E-state index in [0.717, 1.165) is 11.3 Å². The first kappa shape index (κ1) is 14.7. The van der Waals surface area contributed by atoms with Gasteiger partial charge >= 0.3 is 0 Å². The maximum absolute atomic E-state index is 11.4. The number of hydrogen-bond donors (Lipinski definition) is 1. The second-order valence-electron chi connectivity index (χ2n) is 4.06. The fourth-order valence-electron chi connectivity index (χ4n) is 1.58. The molecule has 1 N–H and O–H groups in total. The molecule has 0 spiro atoms. The molecule has 0 heterocycles. The molecular formula is C14H20O4. The third kappa shape index (κ3) is 4.47. The van der Waals surface area contributed by atoms with Crippen LogP contribution < -0.4 is 4.74 Å². The first-order valence-corrected chi connectivity index (χ1v) is 6.05. The highest BCUT2D eigenvalue weighted by molar-refractivity contribution is 5.80. The molecule has 0 aliphatic carbocycles. The second kappa shape index (κ2) is 7.84. The number of aliphatic hydroxyl groups excluding tert-OH is 1. The third-order valence-electron chi connectivity index (χ3n) is 2.77. The lowest BCUT2D eigenvalue weighted by Gasteiger charge is -2.12. The molecule has 0 saturated heterocycles. The monoisotopic (exact) mass is 252 g/mol. The van der Waals surface area contributed by atoms with Crippen molar-refractivity contribution < 1.29 is 19.4 Å². The van der Waals surface area contributed by atoms with Crippen molar-refractivity contribution in [2.24, 2.45) is 5.92 Å². The van der Waals surface area contributed by atoms with Crippen molar-refractivity contribution in [3.63, 3.8) is 0 Å². The van der Waals surface area contributed by atoms with Crippen molar-refractivity contribution >= 4 is 5.78 Å². The molecule has 100 valence electrons. The zero-order chi connectivity index (χ0) is 13.4. The Morgan fingerprint density at radius 1 is 1.33 bits per heavy atom. The lowest BCUT2D eigenvalue weighted by atomic mass is 10.0. The molecule has 1 aromatic rings. The van der Waals surface area contributed by atoms with Crippen molar-refractivity contribution in [3.05, 3.63) is 29.8 Å². The van der Waals surface area contributed by atoms with Crippen LogP contribution in [0.1, 0.15) is 18.9 Å². The minimum atomic E-state index is -0.409. The van der Waals surface area contributed by atoms with Crippen LogP contribution in [0.4, 0.5) is 0 Å². The standard InChI is InChI=1S/C14H20O4/c1-3-14(16)12(8-15)10-18-9-11-4-6-13(17-2)7-5-11/h4-7,12,15H,3,8-10H2,1-2H3. The van der Waals surface area contributed by atoms with E-state index < -0.39 is 5.92 Å². The van der Waals surface area contributed by atoms with E-state index in [4.69, 9.17) is 14.6 Å². The maximum atomic E-state index is 11.4. The van der Waals surface area contributed by atoms with Gasteiger partial charge < -0.3 is 14.6 Å². The summed E-state index contributed by atoms with van der Waals surface area (Å²) in [6.07, 6.45) is 0.428. The van der Waals surface area contributed by atoms with Crippen molar-refractivity contribution in [2.75, 3.05) is 20.3 Å². The van der Waals surface area contributed by atoms with Gasteiger partial charge in [0.05, 0.1) is 32.8 Å². The van der Waals surface area contributed by atoms with Gasteiger partial charge in [-0.1, -0.05) is 19.1 Å². The summed E-state index contributed by atoms with van der Waals surface area (Å²) < 4.78 is 10.5. The van der Waals surface area contributed by atoms with E-state index in [1.807, 2.05) is 24.3 Å². The quantitative estimate of drug-likeness (QED) is 0.766. The summed E-state index contributed by atoms with van der Waals surface area (Å²) >= 11 is 0. The Balaban J connectivity index is 2.37. The summed E-state index contributed by atoms with van der Waals surface area (Å²) in [6, 6.07) is 7.54. The molecule has 0 bridgehead atoms. The average Bonchev–Trinajstić information content (AvgIpc) is 2.43. The van der Waals surface area contributed by atoms with Gasteiger partial charge in [0.1, 0.15) is 11.5 Å². The smallest absolute Gasteiger partial charge is 0.140 e. The number of aliphatic hydroxyl groups is 1. The Kier molecular flexibility index (Phi) is 6.39. The van der Waals surface area contributed by atoms with E-state index in [9.17, 15) is 4.79 Å². The molecule has 0 amide bonds. The molecule has 1 aromatic carbocycles. The number of benzene rings is 1. The first-order chi connectivity index (χ1) is 8.71. The lowest BCUT2D eigenvalue weighted by molar-refractivity contribution is -0.126. The van der Waals surface area contributed by atoms with Gasteiger partial charge in [0.15, 0.2) is 0 Å². The zero-order valence-electron chi connectivity index (χ0n) is 10.9. The second-order valence-corrected chi connectivity index (χ2v) is 4.06. The van der Waals surface area contributed by atoms with Crippen molar-refractivity contribution in [2.45, 2.75) is 20.0 Å². The fraction of sp³-hybridized carbons (Fsp3) is 0.500. The van der Waals surface area contributed by atoms with Gasteiger partial charge in [0.25, 0.3) is 0 Å². The Hall–Kier alpha value is -1.39. The van der Waals surface area contributed by atoms with Crippen molar-refractivity contribution in [1.82, 2.24) is 0 Å². The van der Waals surface area contributed by atoms with Gasteiger partial charge in [0, 0.05) is 6.42 Å². The van der Waals surface area contributed by atoms with Gasteiger partial charge in [-0.3, -0.25) is 4.79 Å². The molecule has 1 atom stereocenters. The van der Waals surface area contributed by atoms with Gasteiger partial charge in [-0.25, -0.2) is 0 Å². The van der Waals surface area contributed by atoms with Crippen LogP contribution in [0.5, 0.6) is 5.75 Å². The van der Waals surface area contributed by atoms with Crippen molar-refractivity contribution in [1.29, 1.82) is 0 Å². The summed E-state index contributed by atoms with van der Waals surface area (Å²) in [5.74, 6) is 0.425. The van der Waals surface area contributed by atoms with Crippen molar-refractivity contribution in [3.8, 4) is 5.75 Å². The molecule has 0 saturated carbocycles. The van der Waals surface area contributed by atoms with Gasteiger partial charge in [0.2, 0.25) is 0 Å². The summed E-state index contributed by atoms with van der Waals surface area (Å²) in [6.45, 7) is 2.32. The number of ether oxygens (including phenoxy) is 2. The molecule has 18 heavy (non-hydrogen) atoms. The normalized spacial score (nSPS) is 12.2. The molecule has 0 aliphatic rings. The van der Waals surface area contributed by atoms with Crippen LogP contribution in [0.15, 0.2) is 24.3 Å². The summed E-state index contributed by atoms with van der Waals surface area (Å²) in [4.78, 5) is 11.4. The molecule has 1 unspecified atom stereocenters.